The number of aliphatic carboxylic acids is 1. The Bertz CT molecular complexity index is 4470. The summed E-state index contributed by atoms with van der Waals surface area (Å²) in [7, 11) is 6.21. The first-order valence-corrected chi connectivity index (χ1v) is 40.9. The van der Waals surface area contributed by atoms with Crippen LogP contribution in [0.3, 0.4) is 0 Å². The van der Waals surface area contributed by atoms with Crippen LogP contribution in [0.15, 0.2) is 78.9 Å². The number of phenols is 2. The summed E-state index contributed by atoms with van der Waals surface area (Å²) in [6, 6.07) is 24.7. The summed E-state index contributed by atoms with van der Waals surface area (Å²) >= 11 is 19.2. The zero-order valence-corrected chi connectivity index (χ0v) is 70.3. The molecule has 4 aromatic carbocycles. The third-order valence-corrected chi connectivity index (χ3v) is 23.7. The highest BCUT2D eigenvalue weighted by Crippen LogP contribution is 2.44. The number of hydrogen-bond donors (Lipinski definition) is 4. The molecule has 0 spiro atoms. The van der Waals surface area contributed by atoms with E-state index in [2.05, 4.69) is 4.74 Å². The van der Waals surface area contributed by atoms with E-state index in [0.717, 1.165) is 169 Å². The van der Waals surface area contributed by atoms with Crippen LogP contribution in [-0.4, -0.2) is 114 Å². The highest BCUT2D eigenvalue weighted by atomic mass is 35.5. The molecule has 8 aromatic rings. The maximum Gasteiger partial charge on any atom is 0.343 e. The minimum absolute atomic E-state index is 0.134. The van der Waals surface area contributed by atoms with E-state index in [4.69, 9.17) is 97.7 Å². The Kier molecular flexibility index (Phi) is 34.4. The maximum atomic E-state index is 11.4. The number of aryl methyl sites for hydroxylation is 5. The number of phenolic OH excluding ortho intramolecular Hbond substituents is 2. The smallest absolute Gasteiger partial charge is 0.343 e. The van der Waals surface area contributed by atoms with Crippen LogP contribution in [0, 0.1) is 55.4 Å². The summed E-state index contributed by atoms with van der Waals surface area (Å²) in [4.78, 5) is 42.0. The number of carbonyl (C=O) groups excluding carboxylic acids is 1. The van der Waals surface area contributed by atoms with Crippen molar-refractivity contribution in [3.8, 4) is 46.0 Å². The van der Waals surface area contributed by atoms with Gasteiger partial charge in [0, 0.05) is 93.5 Å². The van der Waals surface area contributed by atoms with Gasteiger partial charge < -0.3 is 63.1 Å². The molecule has 19 nitrogen and oxygen atoms in total. The highest BCUT2D eigenvalue weighted by Gasteiger charge is 2.28. The molecule has 4 aliphatic carbocycles. The third-order valence-electron chi connectivity index (χ3n) is 22.3. The van der Waals surface area contributed by atoms with Crippen molar-refractivity contribution in [3.05, 3.63) is 206 Å². The Morgan fingerprint density at radius 3 is 1.03 bits per heavy atom. The number of carbonyl (C=O) groups is 2. The molecular weight excluding hydrogens is 1500 g/mol. The summed E-state index contributed by atoms with van der Waals surface area (Å²) < 4.78 is 48.2. The molecule has 0 unspecified atom stereocenters. The number of halogens is 3. The SMILES string of the molecule is COCOc1ccc(Cc2c(C)cc(O)c(Cl)c2C)nc1C1CCCCC1.COCOc1ccc(Cc2c(C)cc(O)cc2C)nc1C1CCCCC1.COCOc1ccc(Cc2c(C)cc(OCC(=O)OC)c(Cl)c2C)nc1C1CCCCC1.Cc1cc(OCC(=O)O)c(Cl)c(C)c1Cc1ccc(O)c(C2CCCCC2)n1. The average molecular weight is 1610 g/mol. The fraction of sp³-hybridized carbons (Fsp3) is 0.495. The standard InChI is InChI=1S/C25H32ClNO5.C22H26ClNO4.C22H28ClNO3.C22H29NO3/c1-16-12-22(31-14-23(28)30-4)24(26)17(2)20(16)13-19-10-11-21(32-15-29-3)25(27-19)18-8-6-5-7-9-18;1-13-10-19(28-12-20(26)27)21(23)14(2)17(13)11-16-8-9-18(25)22(24-16)15-6-4-3-5-7-15;1-14-11-19(25)21(23)15(2)18(14)12-17-9-10-20(27-13-26-3)22(24-17)16-7-5-4-6-8-16;1-15-11-19(24)12-16(2)20(15)13-18-9-10-21(26-14-25-3)22(23-18)17-7-5-4-6-8-17/h10-12,18H,5-9,13-15H2,1-4H3;8-10,15,25H,3-7,11-12H2,1-2H3,(H,26,27);9-11,16,25H,4-8,12-13H2,1-3H3;9-12,17,24H,4-8,13-14H2,1-3H3. The number of ether oxygens (including phenoxy) is 9. The van der Waals surface area contributed by atoms with Crippen LogP contribution >= 0.6 is 34.8 Å². The normalized spacial score (nSPS) is 14.8. The quantitative estimate of drug-likeness (QED) is 0.0276. The fourth-order valence-electron chi connectivity index (χ4n) is 16.1. The van der Waals surface area contributed by atoms with E-state index in [-0.39, 0.29) is 38.5 Å². The van der Waals surface area contributed by atoms with E-state index in [1.807, 2.05) is 116 Å². The summed E-state index contributed by atoms with van der Waals surface area (Å²) in [6.07, 6.45) is 26.7. The molecule has 0 bridgehead atoms. The summed E-state index contributed by atoms with van der Waals surface area (Å²) in [6.45, 7) is 15.9. The number of carboxylic acids is 1. The Morgan fingerprint density at radius 2 is 0.673 bits per heavy atom. The van der Waals surface area contributed by atoms with Crippen molar-refractivity contribution in [2.24, 2.45) is 0 Å². The molecule has 4 fully saturated rings. The number of rotatable bonds is 27. The second kappa shape index (κ2) is 43.9. The second-order valence-corrected chi connectivity index (χ2v) is 31.6. The topological polar surface area (TPSA) is 250 Å². The third kappa shape index (κ3) is 24.8. The van der Waals surface area contributed by atoms with Gasteiger partial charge in [0.2, 0.25) is 0 Å². The molecule has 0 saturated heterocycles. The van der Waals surface area contributed by atoms with E-state index >= 15 is 0 Å². The van der Waals surface area contributed by atoms with Crippen LogP contribution in [0.2, 0.25) is 15.1 Å². The van der Waals surface area contributed by atoms with E-state index < -0.39 is 18.5 Å². The molecule has 4 saturated carbocycles. The zero-order chi connectivity index (χ0) is 81.3. The highest BCUT2D eigenvalue weighted by molar-refractivity contribution is 6.33. The predicted octanol–water partition coefficient (Wildman–Crippen LogP) is 21.4. The number of nitrogens with zero attached hydrogens (tertiary/aromatic N) is 4. The molecule has 4 aliphatic rings. The number of aromatic hydroxyl groups is 3. The van der Waals surface area contributed by atoms with Crippen molar-refractivity contribution in [1.82, 2.24) is 19.9 Å². The number of benzene rings is 4. The van der Waals surface area contributed by atoms with Crippen molar-refractivity contribution >= 4 is 46.7 Å². The van der Waals surface area contributed by atoms with Gasteiger partial charge in [-0.1, -0.05) is 112 Å². The van der Waals surface area contributed by atoms with E-state index in [9.17, 15) is 24.9 Å². The summed E-state index contributed by atoms with van der Waals surface area (Å²) in [5.74, 6) is 4.23. The average Bonchev–Trinajstić information content (AvgIpc) is 0.800. The lowest BCUT2D eigenvalue weighted by molar-refractivity contribution is -0.143. The number of esters is 1. The molecule has 12 rings (SSSR count). The van der Waals surface area contributed by atoms with E-state index in [0.29, 0.717) is 75.3 Å². The first kappa shape index (κ1) is 88.5. The Labute approximate surface area is 682 Å². The van der Waals surface area contributed by atoms with Crippen molar-refractivity contribution in [2.45, 2.75) is 233 Å². The molecule has 113 heavy (non-hydrogen) atoms. The Balaban J connectivity index is 0.000000173. The number of pyridine rings is 4. The Morgan fingerprint density at radius 1 is 0.363 bits per heavy atom. The van der Waals surface area contributed by atoms with E-state index in [1.54, 1.807) is 39.5 Å². The molecule has 4 heterocycles. The molecule has 0 amide bonds. The zero-order valence-electron chi connectivity index (χ0n) is 68.0. The van der Waals surface area contributed by atoms with Gasteiger partial charge in [0.1, 0.15) is 46.0 Å². The molecule has 610 valence electrons. The molecule has 22 heteroatoms. The monoisotopic (exact) mass is 1610 g/mol. The van der Waals surface area contributed by atoms with Gasteiger partial charge in [-0.05, 0) is 252 Å². The minimum Gasteiger partial charge on any atom is -0.508 e. The van der Waals surface area contributed by atoms with Gasteiger partial charge in [-0.2, -0.15) is 0 Å². The lowest BCUT2D eigenvalue weighted by atomic mass is 9.86. The van der Waals surface area contributed by atoms with Gasteiger partial charge in [-0.15, -0.1) is 0 Å². The molecular formula is C91H115Cl3N4O15. The van der Waals surface area contributed by atoms with Gasteiger partial charge in [-0.25, -0.2) is 9.59 Å². The van der Waals surface area contributed by atoms with Gasteiger partial charge in [-0.3, -0.25) is 19.9 Å². The van der Waals surface area contributed by atoms with Crippen molar-refractivity contribution in [2.75, 3.05) is 62.0 Å². The number of aromatic nitrogens is 4. The summed E-state index contributed by atoms with van der Waals surface area (Å²) in [5, 5.41) is 40.2. The number of methoxy groups -OCH3 is 4. The van der Waals surface area contributed by atoms with Crippen LogP contribution in [0.25, 0.3) is 0 Å². The van der Waals surface area contributed by atoms with Gasteiger partial charge in [0.15, 0.2) is 33.6 Å². The lowest BCUT2D eigenvalue weighted by Crippen LogP contribution is -2.13. The molecule has 4 N–H and O–H groups in total. The minimum atomic E-state index is -1.04. The molecule has 0 atom stereocenters. The first-order chi connectivity index (χ1) is 54.4. The van der Waals surface area contributed by atoms with Crippen LogP contribution in [0.1, 0.15) is 264 Å². The lowest BCUT2D eigenvalue weighted by Gasteiger charge is -2.24. The molecule has 4 aromatic heterocycles. The van der Waals surface area contributed by atoms with Gasteiger partial charge >= 0.3 is 11.9 Å². The largest absolute Gasteiger partial charge is 0.508 e. The predicted molar refractivity (Wildman–Crippen MR) is 443 cm³/mol. The van der Waals surface area contributed by atoms with Gasteiger partial charge in [0.25, 0.3) is 0 Å². The number of carboxylic acid groups (broad SMARTS) is 1. The van der Waals surface area contributed by atoms with Crippen LogP contribution < -0.4 is 23.7 Å². The Hall–Kier alpha value is -8.43. The maximum absolute atomic E-state index is 11.4. The van der Waals surface area contributed by atoms with E-state index in [1.165, 1.54) is 103 Å². The number of hydrogen-bond acceptors (Lipinski definition) is 18. The van der Waals surface area contributed by atoms with Crippen LogP contribution in [0.5, 0.6) is 46.0 Å². The van der Waals surface area contributed by atoms with Crippen LogP contribution in [0.4, 0.5) is 0 Å². The molecule has 0 aliphatic heterocycles. The van der Waals surface area contributed by atoms with Crippen molar-refractivity contribution in [1.29, 1.82) is 0 Å². The van der Waals surface area contributed by atoms with Crippen molar-refractivity contribution < 1.29 is 72.6 Å². The van der Waals surface area contributed by atoms with Gasteiger partial charge in [0.05, 0.1) is 45.0 Å². The van der Waals surface area contributed by atoms with Crippen LogP contribution in [-0.2, 0) is 54.2 Å². The fourth-order valence-corrected chi connectivity index (χ4v) is 16.7. The van der Waals surface area contributed by atoms with Crippen molar-refractivity contribution in [3.63, 3.8) is 0 Å². The first-order valence-electron chi connectivity index (χ1n) is 39.8. The summed E-state index contributed by atoms with van der Waals surface area (Å²) in [5.41, 5.74) is 20.3. The molecule has 0 radical (unpaired) electrons. The second-order valence-electron chi connectivity index (χ2n) is 30.4.